The van der Waals surface area contributed by atoms with E-state index in [1.165, 1.54) is 7.11 Å². The average molecular weight is 489 g/mol. The normalized spacial score (nSPS) is 17.9. The molecule has 0 saturated heterocycles. The van der Waals surface area contributed by atoms with Crippen LogP contribution in [0, 0.1) is 6.92 Å². The Morgan fingerprint density at radius 2 is 1.81 bits per heavy atom. The van der Waals surface area contributed by atoms with Crippen LogP contribution >= 0.6 is 0 Å². The quantitative estimate of drug-likeness (QED) is 0.444. The third-order valence-corrected chi connectivity index (χ3v) is 7.32. The molecule has 1 aromatic heterocycles. The molecule has 4 rings (SSSR count). The molecule has 190 valence electrons. The summed E-state index contributed by atoms with van der Waals surface area (Å²) < 4.78 is 7.10. The highest BCUT2D eigenvalue weighted by Crippen LogP contribution is 2.41. The molecule has 0 radical (unpaired) electrons. The SMILES string of the molecule is CCc1ccc(C(CC)(NC(=O)c2c(C)nn3c2N[C@@H](c2ccccc2)CC3(C)C)C(=O)OC)cc1. The third-order valence-electron chi connectivity index (χ3n) is 7.32. The summed E-state index contributed by atoms with van der Waals surface area (Å²) in [5.74, 6) is -0.208. The number of methoxy groups -OCH3 is 1. The van der Waals surface area contributed by atoms with Crippen LogP contribution in [0.25, 0.3) is 0 Å². The summed E-state index contributed by atoms with van der Waals surface area (Å²) in [5, 5.41) is 11.4. The molecule has 36 heavy (non-hydrogen) atoms. The van der Waals surface area contributed by atoms with Crippen molar-refractivity contribution >= 4 is 17.7 Å². The van der Waals surface area contributed by atoms with E-state index >= 15 is 0 Å². The third kappa shape index (κ3) is 4.38. The summed E-state index contributed by atoms with van der Waals surface area (Å²) >= 11 is 0. The van der Waals surface area contributed by atoms with Gasteiger partial charge in [0.25, 0.3) is 5.91 Å². The second-order valence-corrected chi connectivity index (χ2v) is 10.1. The number of aryl methyl sites for hydroxylation is 2. The van der Waals surface area contributed by atoms with Gasteiger partial charge >= 0.3 is 5.97 Å². The number of nitrogens with one attached hydrogen (secondary N) is 2. The van der Waals surface area contributed by atoms with Crippen molar-refractivity contribution in [3.8, 4) is 0 Å². The molecule has 3 aromatic rings. The fraction of sp³-hybridized carbons (Fsp3) is 0.414. The lowest BCUT2D eigenvalue weighted by atomic mass is 9.85. The number of hydrogen-bond donors (Lipinski definition) is 2. The van der Waals surface area contributed by atoms with Gasteiger partial charge in [0.15, 0.2) is 5.54 Å². The van der Waals surface area contributed by atoms with Gasteiger partial charge < -0.3 is 15.4 Å². The molecule has 0 aliphatic carbocycles. The maximum atomic E-state index is 13.9. The topological polar surface area (TPSA) is 85.3 Å². The lowest BCUT2D eigenvalue weighted by molar-refractivity contribution is -0.149. The van der Waals surface area contributed by atoms with E-state index in [1.807, 2.05) is 61.0 Å². The number of carbonyl (C=O) groups excluding carboxylic acids is 2. The van der Waals surface area contributed by atoms with Gasteiger partial charge in [0, 0.05) is 0 Å². The molecule has 7 nitrogen and oxygen atoms in total. The molecule has 2 aromatic carbocycles. The molecular weight excluding hydrogens is 452 g/mol. The highest BCUT2D eigenvalue weighted by molar-refractivity contribution is 6.03. The molecular formula is C29H36N4O3. The number of esters is 1. The number of fused-ring (bicyclic) bond motifs is 1. The number of benzene rings is 2. The van der Waals surface area contributed by atoms with Gasteiger partial charge in [-0.1, -0.05) is 68.4 Å². The lowest BCUT2D eigenvalue weighted by Gasteiger charge is -2.38. The molecule has 1 unspecified atom stereocenters. The number of carbonyl (C=O) groups is 2. The maximum Gasteiger partial charge on any atom is 0.336 e. The summed E-state index contributed by atoms with van der Waals surface area (Å²) in [5.41, 5.74) is 2.41. The van der Waals surface area contributed by atoms with Crippen LogP contribution in [0.5, 0.6) is 0 Å². The number of ether oxygens (including phenoxy) is 1. The first-order valence-electron chi connectivity index (χ1n) is 12.6. The Balaban J connectivity index is 1.76. The van der Waals surface area contributed by atoms with Crippen molar-refractivity contribution in [2.75, 3.05) is 12.4 Å². The van der Waals surface area contributed by atoms with E-state index < -0.39 is 11.5 Å². The summed E-state index contributed by atoms with van der Waals surface area (Å²) in [6.07, 6.45) is 2.04. The van der Waals surface area contributed by atoms with Gasteiger partial charge in [-0.2, -0.15) is 5.10 Å². The van der Waals surface area contributed by atoms with E-state index in [-0.39, 0.29) is 17.5 Å². The van der Waals surface area contributed by atoms with Crippen molar-refractivity contribution in [3.63, 3.8) is 0 Å². The van der Waals surface area contributed by atoms with Crippen LogP contribution in [0.15, 0.2) is 54.6 Å². The van der Waals surface area contributed by atoms with Gasteiger partial charge in [-0.3, -0.25) is 4.79 Å². The highest BCUT2D eigenvalue weighted by Gasteiger charge is 2.44. The molecule has 1 aliphatic heterocycles. The first-order valence-corrected chi connectivity index (χ1v) is 12.6. The van der Waals surface area contributed by atoms with Gasteiger partial charge in [0.2, 0.25) is 0 Å². The van der Waals surface area contributed by atoms with Crippen LogP contribution < -0.4 is 10.6 Å². The smallest absolute Gasteiger partial charge is 0.336 e. The van der Waals surface area contributed by atoms with E-state index in [2.05, 4.69) is 43.5 Å². The van der Waals surface area contributed by atoms with Gasteiger partial charge in [0.05, 0.1) is 24.4 Å². The second-order valence-electron chi connectivity index (χ2n) is 10.1. The first kappa shape index (κ1) is 25.5. The summed E-state index contributed by atoms with van der Waals surface area (Å²) in [6, 6.07) is 18.0. The maximum absolute atomic E-state index is 13.9. The molecule has 0 bridgehead atoms. The molecule has 1 aliphatic rings. The van der Waals surface area contributed by atoms with Crippen molar-refractivity contribution in [1.29, 1.82) is 0 Å². The number of aromatic nitrogens is 2. The van der Waals surface area contributed by atoms with E-state index in [0.717, 1.165) is 24.0 Å². The predicted molar refractivity (Wildman–Crippen MR) is 141 cm³/mol. The zero-order valence-corrected chi connectivity index (χ0v) is 22.0. The Kier molecular flexibility index (Phi) is 6.94. The van der Waals surface area contributed by atoms with E-state index in [1.54, 1.807) is 0 Å². The largest absolute Gasteiger partial charge is 0.467 e. The first-order chi connectivity index (χ1) is 17.2. The van der Waals surface area contributed by atoms with Crippen LogP contribution in [0.2, 0.25) is 0 Å². The number of amides is 1. The Morgan fingerprint density at radius 1 is 1.14 bits per heavy atom. The standard InChI is InChI=1S/C29H36N4O3/c1-7-20-14-16-22(17-15-20)29(8-2,27(35)36-6)31-26(34)24-19(3)32-33-25(24)30-23(18-28(33,4)5)21-12-10-9-11-13-21/h9-17,23,30H,7-8,18H2,1-6H3,(H,31,34)/t23-,29?/m1/s1. The minimum absolute atomic E-state index is 0.0227. The van der Waals surface area contributed by atoms with Crippen LogP contribution in [0.3, 0.4) is 0 Å². The van der Waals surface area contributed by atoms with E-state index in [9.17, 15) is 9.59 Å². The van der Waals surface area contributed by atoms with Gasteiger partial charge in [0.1, 0.15) is 11.4 Å². The van der Waals surface area contributed by atoms with Crippen molar-refractivity contribution < 1.29 is 14.3 Å². The predicted octanol–water partition coefficient (Wildman–Crippen LogP) is 5.25. The van der Waals surface area contributed by atoms with Crippen molar-refractivity contribution in [3.05, 3.63) is 82.5 Å². The number of anilines is 1. The number of nitrogens with zero attached hydrogens (tertiary/aromatic N) is 2. The van der Waals surface area contributed by atoms with Crippen LogP contribution in [0.1, 0.15) is 79.3 Å². The molecule has 2 N–H and O–H groups in total. The van der Waals surface area contributed by atoms with E-state index in [4.69, 9.17) is 9.84 Å². The fourth-order valence-corrected chi connectivity index (χ4v) is 5.19. The van der Waals surface area contributed by atoms with Crippen LogP contribution in [-0.2, 0) is 27.0 Å². The zero-order chi connectivity index (χ0) is 26.1. The summed E-state index contributed by atoms with van der Waals surface area (Å²) in [4.78, 5) is 27.1. The molecule has 2 atom stereocenters. The Hall–Kier alpha value is -3.61. The van der Waals surface area contributed by atoms with Gasteiger partial charge in [-0.15, -0.1) is 0 Å². The van der Waals surface area contributed by atoms with Crippen LogP contribution in [-0.4, -0.2) is 28.8 Å². The lowest BCUT2D eigenvalue weighted by Crippen LogP contribution is -2.52. The zero-order valence-electron chi connectivity index (χ0n) is 22.0. The molecule has 0 spiro atoms. The van der Waals surface area contributed by atoms with Crippen molar-refractivity contribution in [2.24, 2.45) is 0 Å². The Morgan fingerprint density at radius 3 is 2.39 bits per heavy atom. The van der Waals surface area contributed by atoms with E-state index in [0.29, 0.717) is 29.1 Å². The minimum Gasteiger partial charge on any atom is -0.467 e. The molecule has 1 amide bonds. The number of rotatable bonds is 7. The molecule has 7 heteroatoms. The Labute approximate surface area is 213 Å². The summed E-state index contributed by atoms with van der Waals surface area (Å²) in [6.45, 7) is 10.0. The van der Waals surface area contributed by atoms with Crippen molar-refractivity contribution in [2.45, 2.75) is 71.0 Å². The molecule has 0 saturated carbocycles. The number of hydrogen-bond acceptors (Lipinski definition) is 5. The average Bonchev–Trinajstić information content (AvgIpc) is 3.24. The van der Waals surface area contributed by atoms with Gasteiger partial charge in [-0.25, -0.2) is 9.48 Å². The monoisotopic (exact) mass is 488 g/mol. The molecule has 0 fully saturated rings. The molecule has 2 heterocycles. The highest BCUT2D eigenvalue weighted by atomic mass is 16.5. The van der Waals surface area contributed by atoms with Gasteiger partial charge in [-0.05, 0) is 56.7 Å². The minimum atomic E-state index is -1.32. The fourth-order valence-electron chi connectivity index (χ4n) is 5.19. The summed E-state index contributed by atoms with van der Waals surface area (Å²) in [7, 11) is 1.35. The van der Waals surface area contributed by atoms with Crippen LogP contribution in [0.4, 0.5) is 5.82 Å². The second kappa shape index (κ2) is 9.80. The Bertz CT molecular complexity index is 1250. The van der Waals surface area contributed by atoms with Crippen molar-refractivity contribution in [1.82, 2.24) is 15.1 Å².